The van der Waals surface area contributed by atoms with Crippen molar-refractivity contribution in [3.63, 3.8) is 0 Å². The summed E-state index contributed by atoms with van der Waals surface area (Å²) in [5, 5.41) is 6.00. The largest absolute Gasteiger partial charge is 0.473 e. The Bertz CT molecular complexity index is 1300. The molecule has 3 aromatic heterocycles. The summed E-state index contributed by atoms with van der Waals surface area (Å²) >= 11 is 3.16. The van der Waals surface area contributed by atoms with Crippen LogP contribution in [0.1, 0.15) is 51.8 Å². The predicted octanol–water partition coefficient (Wildman–Crippen LogP) is 6.55. The van der Waals surface area contributed by atoms with Gasteiger partial charge in [-0.3, -0.25) is 0 Å². The highest BCUT2D eigenvalue weighted by atomic mass is 32.2. The lowest BCUT2D eigenvalue weighted by atomic mass is 10.1. The van der Waals surface area contributed by atoms with Gasteiger partial charge in [-0.2, -0.15) is 4.98 Å². The summed E-state index contributed by atoms with van der Waals surface area (Å²) in [5.74, 6) is 2.25. The first kappa shape index (κ1) is 24.0. The van der Waals surface area contributed by atoms with Gasteiger partial charge in [0.2, 0.25) is 5.88 Å². The molecule has 1 fully saturated rings. The molecule has 1 saturated heterocycles. The topological polar surface area (TPSA) is 77.2 Å². The van der Waals surface area contributed by atoms with Crippen LogP contribution in [0.2, 0.25) is 0 Å². The fourth-order valence-corrected chi connectivity index (χ4v) is 5.78. The van der Waals surface area contributed by atoms with Gasteiger partial charge in [-0.15, -0.1) is 23.1 Å². The van der Waals surface area contributed by atoms with Gasteiger partial charge in [0, 0.05) is 53.3 Å². The van der Waals surface area contributed by atoms with Crippen molar-refractivity contribution in [2.75, 3.05) is 23.7 Å². The Morgan fingerprint density at radius 2 is 2.06 bits per heavy atom. The molecule has 0 bridgehead atoms. The van der Waals surface area contributed by atoms with Gasteiger partial charge in [0.15, 0.2) is 5.82 Å². The molecule has 5 rings (SSSR count). The Kier molecular flexibility index (Phi) is 7.19. The molecule has 0 aliphatic carbocycles. The maximum absolute atomic E-state index is 15.0. The molecule has 0 saturated carbocycles. The fraction of sp³-hybridized carbons (Fsp3) is 0.440. The highest BCUT2D eigenvalue weighted by Crippen LogP contribution is 2.39. The molecule has 4 heterocycles. The zero-order valence-electron chi connectivity index (χ0n) is 20.0. The standard InChI is InChI=1S/C25H28FN5O2S2/c1-4-11-34-17-5-6-18(20(26)12-17)19-13-35-22-21(19)27-14-28-24(22)32-16-7-9-31(10-8-16)25-29-23(15(2)3)30-33-25/h5-6,12-16H,4,7-11H2,1-3H3. The molecule has 1 aromatic carbocycles. The summed E-state index contributed by atoms with van der Waals surface area (Å²) in [4.78, 5) is 16.4. The van der Waals surface area contributed by atoms with Crippen molar-refractivity contribution in [1.82, 2.24) is 20.1 Å². The van der Waals surface area contributed by atoms with Gasteiger partial charge in [0.05, 0.1) is 5.52 Å². The number of hydrogen-bond donors (Lipinski definition) is 0. The molecule has 0 amide bonds. The third-order valence-corrected chi connectivity index (χ3v) is 8.12. The van der Waals surface area contributed by atoms with Crippen LogP contribution in [0.15, 0.2) is 39.3 Å². The monoisotopic (exact) mass is 513 g/mol. The second-order valence-electron chi connectivity index (χ2n) is 8.89. The zero-order chi connectivity index (χ0) is 24.4. The first-order chi connectivity index (χ1) is 17.0. The lowest BCUT2D eigenvalue weighted by Crippen LogP contribution is -2.38. The fourth-order valence-electron chi connectivity index (χ4n) is 4.04. The summed E-state index contributed by atoms with van der Waals surface area (Å²) < 4.78 is 27.5. The summed E-state index contributed by atoms with van der Waals surface area (Å²) in [6.45, 7) is 7.74. The van der Waals surface area contributed by atoms with Gasteiger partial charge in [0.1, 0.15) is 22.9 Å². The predicted molar refractivity (Wildman–Crippen MR) is 138 cm³/mol. The number of fused-ring (bicyclic) bond motifs is 1. The molecular weight excluding hydrogens is 485 g/mol. The molecule has 184 valence electrons. The van der Waals surface area contributed by atoms with Crippen LogP contribution in [0, 0.1) is 5.82 Å². The van der Waals surface area contributed by atoms with Crippen LogP contribution in [-0.4, -0.2) is 45.1 Å². The second-order valence-corrected chi connectivity index (χ2v) is 10.9. The van der Waals surface area contributed by atoms with E-state index < -0.39 is 0 Å². The minimum Gasteiger partial charge on any atom is -0.473 e. The van der Waals surface area contributed by atoms with Crippen molar-refractivity contribution in [2.45, 2.75) is 57.0 Å². The number of benzene rings is 1. The van der Waals surface area contributed by atoms with E-state index in [0.717, 1.165) is 64.6 Å². The molecule has 0 atom stereocenters. The van der Waals surface area contributed by atoms with Gasteiger partial charge < -0.3 is 14.2 Å². The third-order valence-electron chi connectivity index (χ3n) is 5.96. The molecule has 0 N–H and O–H groups in total. The molecule has 4 aromatic rings. The molecule has 0 unspecified atom stereocenters. The summed E-state index contributed by atoms with van der Waals surface area (Å²) in [7, 11) is 0. The van der Waals surface area contributed by atoms with Crippen LogP contribution in [-0.2, 0) is 0 Å². The van der Waals surface area contributed by atoms with Gasteiger partial charge in [-0.1, -0.05) is 32.0 Å². The zero-order valence-corrected chi connectivity index (χ0v) is 21.7. The van der Waals surface area contributed by atoms with Crippen molar-refractivity contribution >= 4 is 39.3 Å². The van der Waals surface area contributed by atoms with Crippen LogP contribution in [0.4, 0.5) is 10.4 Å². The van der Waals surface area contributed by atoms with Crippen molar-refractivity contribution < 1.29 is 13.7 Å². The lowest BCUT2D eigenvalue weighted by molar-refractivity contribution is 0.164. The maximum atomic E-state index is 15.0. The Balaban J connectivity index is 1.29. The molecule has 35 heavy (non-hydrogen) atoms. The van der Waals surface area contributed by atoms with Crippen LogP contribution in [0.25, 0.3) is 21.3 Å². The molecular formula is C25H28FN5O2S2. The number of rotatable bonds is 8. The van der Waals surface area contributed by atoms with E-state index >= 15 is 0 Å². The van der Waals surface area contributed by atoms with Crippen molar-refractivity contribution in [3.8, 4) is 17.0 Å². The van der Waals surface area contributed by atoms with Gasteiger partial charge in [0.25, 0.3) is 0 Å². The Hall–Kier alpha value is -2.72. The molecule has 7 nitrogen and oxygen atoms in total. The van der Waals surface area contributed by atoms with Crippen LogP contribution in [0.5, 0.6) is 5.88 Å². The summed E-state index contributed by atoms with van der Waals surface area (Å²) in [5.41, 5.74) is 2.04. The Morgan fingerprint density at radius 3 is 2.77 bits per heavy atom. The lowest BCUT2D eigenvalue weighted by Gasteiger charge is -2.30. The van der Waals surface area contributed by atoms with E-state index in [4.69, 9.17) is 9.26 Å². The van der Waals surface area contributed by atoms with E-state index in [0.29, 0.717) is 17.5 Å². The number of aromatic nitrogens is 4. The molecule has 1 aliphatic rings. The third kappa shape index (κ3) is 5.13. The van der Waals surface area contributed by atoms with Crippen molar-refractivity contribution in [3.05, 3.63) is 41.5 Å². The summed E-state index contributed by atoms with van der Waals surface area (Å²) in [6.07, 6.45) is 4.20. The number of thioether (sulfide) groups is 1. The SMILES string of the molecule is CCCSc1ccc(-c2csc3c(OC4CCN(c5nc(C(C)C)no5)CC4)ncnc23)c(F)c1. The van der Waals surface area contributed by atoms with E-state index in [2.05, 4.69) is 31.9 Å². The smallest absolute Gasteiger partial charge is 0.324 e. The van der Waals surface area contributed by atoms with E-state index in [1.165, 1.54) is 17.7 Å². The number of thiophene rings is 1. The molecule has 0 radical (unpaired) electrons. The van der Waals surface area contributed by atoms with E-state index in [9.17, 15) is 4.39 Å². The Morgan fingerprint density at radius 1 is 1.23 bits per heavy atom. The number of piperidine rings is 1. The van der Waals surface area contributed by atoms with Crippen molar-refractivity contribution in [1.29, 1.82) is 0 Å². The minimum atomic E-state index is -0.235. The van der Waals surface area contributed by atoms with Crippen LogP contribution >= 0.6 is 23.1 Å². The first-order valence-corrected chi connectivity index (χ1v) is 13.8. The van der Waals surface area contributed by atoms with Gasteiger partial charge in [-0.25, -0.2) is 14.4 Å². The van der Waals surface area contributed by atoms with Gasteiger partial charge >= 0.3 is 6.01 Å². The number of hydrogen-bond acceptors (Lipinski definition) is 9. The maximum Gasteiger partial charge on any atom is 0.324 e. The highest BCUT2D eigenvalue weighted by molar-refractivity contribution is 7.99. The minimum absolute atomic E-state index is 0.0222. The second kappa shape index (κ2) is 10.5. The van der Waals surface area contributed by atoms with Gasteiger partial charge in [-0.05, 0) is 24.3 Å². The first-order valence-electron chi connectivity index (χ1n) is 11.9. The molecule has 10 heteroatoms. The normalized spacial score (nSPS) is 14.8. The average molecular weight is 514 g/mol. The molecule has 0 spiro atoms. The van der Waals surface area contributed by atoms with E-state index in [1.807, 2.05) is 31.4 Å². The molecule has 1 aliphatic heterocycles. The number of halogens is 1. The number of ether oxygens (including phenoxy) is 1. The summed E-state index contributed by atoms with van der Waals surface area (Å²) in [6, 6.07) is 6.00. The van der Waals surface area contributed by atoms with Crippen LogP contribution < -0.4 is 9.64 Å². The average Bonchev–Trinajstić information content (AvgIpc) is 3.52. The van der Waals surface area contributed by atoms with Crippen molar-refractivity contribution in [2.24, 2.45) is 0 Å². The van der Waals surface area contributed by atoms with Crippen LogP contribution in [0.3, 0.4) is 0 Å². The van der Waals surface area contributed by atoms with E-state index in [-0.39, 0.29) is 17.8 Å². The Labute approximate surface area is 212 Å². The number of anilines is 1. The van der Waals surface area contributed by atoms with E-state index in [1.54, 1.807) is 17.8 Å². The number of nitrogens with zero attached hydrogens (tertiary/aromatic N) is 5. The quantitative estimate of drug-likeness (QED) is 0.245. The highest BCUT2D eigenvalue weighted by Gasteiger charge is 2.26.